The second-order valence-corrected chi connectivity index (χ2v) is 6.63. The van der Waals surface area contributed by atoms with E-state index >= 15 is 0 Å². The monoisotopic (exact) mass is 348 g/mol. The van der Waals surface area contributed by atoms with Crippen LogP contribution >= 0.6 is 11.3 Å². The van der Waals surface area contributed by atoms with Crippen LogP contribution in [-0.2, 0) is 6.42 Å². The summed E-state index contributed by atoms with van der Waals surface area (Å²) in [5.41, 5.74) is 3.16. The van der Waals surface area contributed by atoms with Gasteiger partial charge in [0.1, 0.15) is 0 Å². The molecule has 0 aliphatic carbocycles. The Balaban J connectivity index is 1.46. The van der Waals surface area contributed by atoms with Crippen molar-refractivity contribution in [3.8, 4) is 5.88 Å². The van der Waals surface area contributed by atoms with E-state index in [0.29, 0.717) is 15.8 Å². The van der Waals surface area contributed by atoms with Crippen molar-refractivity contribution in [3.05, 3.63) is 64.7 Å². The first-order valence-electron chi connectivity index (χ1n) is 7.98. The van der Waals surface area contributed by atoms with E-state index in [1.54, 1.807) is 12.4 Å². The van der Waals surface area contributed by atoms with E-state index in [4.69, 9.17) is 0 Å². The van der Waals surface area contributed by atoms with Gasteiger partial charge in [-0.05, 0) is 30.2 Å². The lowest BCUT2D eigenvalue weighted by atomic mass is 10.1. The molecule has 124 valence electrons. The summed E-state index contributed by atoms with van der Waals surface area (Å²) in [5, 5.41) is 14.1. The van der Waals surface area contributed by atoms with Crippen molar-refractivity contribution < 1.29 is 5.11 Å². The van der Waals surface area contributed by atoms with Gasteiger partial charge in [-0.3, -0.25) is 0 Å². The Kier molecular flexibility index (Phi) is 4.26. The van der Waals surface area contributed by atoms with Gasteiger partial charge in [-0.2, -0.15) is 4.98 Å². The van der Waals surface area contributed by atoms with Gasteiger partial charge in [0.2, 0.25) is 5.88 Å². The largest absolute Gasteiger partial charge is 0.492 e. The number of aromatic nitrogens is 2. The van der Waals surface area contributed by atoms with Crippen molar-refractivity contribution in [2.24, 2.45) is 4.99 Å². The van der Waals surface area contributed by atoms with Crippen LogP contribution < -0.4 is 5.32 Å². The first kappa shape index (κ1) is 15.5. The first-order valence-corrected chi connectivity index (χ1v) is 8.80. The summed E-state index contributed by atoms with van der Waals surface area (Å²) in [6.07, 6.45) is 6.28. The van der Waals surface area contributed by atoms with E-state index in [-0.39, 0.29) is 5.88 Å². The third-order valence-electron chi connectivity index (χ3n) is 3.88. The topological polar surface area (TPSA) is 70.4 Å². The number of fused-ring (bicyclic) bond motifs is 1. The second kappa shape index (κ2) is 6.86. The molecule has 5 nitrogen and oxygen atoms in total. The average Bonchev–Trinajstić information content (AvgIpc) is 3.20. The Labute approximate surface area is 149 Å². The molecule has 4 rings (SSSR count). The Hall–Kier alpha value is -2.99. The number of aromatic hydroxyl groups is 1. The maximum absolute atomic E-state index is 10.1. The minimum absolute atomic E-state index is 0.0328. The molecular weight excluding hydrogens is 332 g/mol. The number of anilines is 1. The highest BCUT2D eigenvalue weighted by Gasteiger charge is 2.15. The van der Waals surface area contributed by atoms with Gasteiger partial charge >= 0.3 is 0 Å². The lowest BCUT2D eigenvalue weighted by Crippen LogP contribution is -2.04. The van der Waals surface area contributed by atoms with Crippen LogP contribution in [-0.4, -0.2) is 27.8 Å². The molecule has 1 aromatic carbocycles. The highest BCUT2D eigenvalue weighted by Crippen LogP contribution is 2.35. The van der Waals surface area contributed by atoms with E-state index in [9.17, 15) is 5.11 Å². The minimum atomic E-state index is 0.0328. The van der Waals surface area contributed by atoms with Crippen molar-refractivity contribution in [1.82, 2.24) is 9.97 Å². The van der Waals surface area contributed by atoms with Gasteiger partial charge in [0, 0.05) is 30.1 Å². The van der Waals surface area contributed by atoms with Crippen LogP contribution in [0.4, 0.5) is 10.9 Å². The molecule has 3 heterocycles. The fourth-order valence-electron chi connectivity index (χ4n) is 2.63. The first-order chi connectivity index (χ1) is 12.3. The maximum atomic E-state index is 10.1. The Morgan fingerprint density at radius 2 is 2.00 bits per heavy atom. The summed E-state index contributed by atoms with van der Waals surface area (Å²) in [6, 6.07) is 14.1. The zero-order valence-corrected chi connectivity index (χ0v) is 14.2. The molecule has 25 heavy (non-hydrogen) atoms. The van der Waals surface area contributed by atoms with Crippen LogP contribution in [0.3, 0.4) is 0 Å². The molecule has 0 atom stereocenters. The van der Waals surface area contributed by atoms with E-state index in [0.717, 1.165) is 24.1 Å². The molecular formula is C19H16N4OS. The summed E-state index contributed by atoms with van der Waals surface area (Å²) >= 11 is 1.43. The quantitative estimate of drug-likeness (QED) is 0.726. The Bertz CT molecular complexity index is 947. The van der Waals surface area contributed by atoms with Crippen LogP contribution in [0.1, 0.15) is 16.0 Å². The number of rotatable bonds is 5. The van der Waals surface area contributed by atoms with Gasteiger partial charge in [0.25, 0.3) is 0 Å². The molecule has 0 saturated carbocycles. The zero-order chi connectivity index (χ0) is 17.1. The van der Waals surface area contributed by atoms with Crippen LogP contribution in [0.25, 0.3) is 11.6 Å². The average molecular weight is 348 g/mol. The fourth-order valence-corrected chi connectivity index (χ4v) is 3.47. The van der Waals surface area contributed by atoms with Gasteiger partial charge in [-0.25, -0.2) is 9.98 Å². The van der Waals surface area contributed by atoms with Gasteiger partial charge < -0.3 is 10.4 Å². The van der Waals surface area contributed by atoms with E-state index in [1.807, 2.05) is 36.4 Å². The van der Waals surface area contributed by atoms with E-state index in [1.165, 1.54) is 16.9 Å². The molecule has 1 aliphatic heterocycles. The number of nitrogens with one attached hydrogen (secondary N) is 1. The molecule has 1 aliphatic rings. The number of nitrogens with zero attached hydrogens (tertiary/aromatic N) is 3. The van der Waals surface area contributed by atoms with Crippen molar-refractivity contribution in [2.75, 3.05) is 11.9 Å². The molecule has 0 amide bonds. The molecule has 6 heteroatoms. The predicted octanol–water partition coefficient (Wildman–Crippen LogP) is 4.15. The Morgan fingerprint density at radius 3 is 2.88 bits per heavy atom. The molecule has 0 spiro atoms. The molecule has 0 saturated heterocycles. The lowest BCUT2D eigenvalue weighted by molar-refractivity contribution is 0.457. The number of benzene rings is 1. The summed E-state index contributed by atoms with van der Waals surface area (Å²) in [4.78, 5) is 13.4. The number of hydrogen-bond acceptors (Lipinski definition) is 6. The molecule has 0 radical (unpaired) electrons. The smallest absolute Gasteiger partial charge is 0.231 e. The zero-order valence-electron chi connectivity index (χ0n) is 13.4. The number of hydrogen-bond donors (Lipinski definition) is 2. The molecule has 2 N–H and O–H groups in total. The minimum Gasteiger partial charge on any atom is -0.492 e. The van der Waals surface area contributed by atoms with Gasteiger partial charge in [0.05, 0.1) is 4.88 Å². The molecule has 0 fully saturated rings. The normalized spacial score (nSPS) is 14.0. The van der Waals surface area contributed by atoms with Gasteiger partial charge in [0.15, 0.2) is 10.9 Å². The highest BCUT2D eigenvalue weighted by molar-refractivity contribution is 7.16. The van der Waals surface area contributed by atoms with Crippen LogP contribution in [0.15, 0.2) is 53.7 Å². The van der Waals surface area contributed by atoms with E-state index in [2.05, 4.69) is 32.4 Å². The summed E-state index contributed by atoms with van der Waals surface area (Å²) in [7, 11) is 0. The maximum Gasteiger partial charge on any atom is 0.231 e. The Morgan fingerprint density at radius 1 is 1.12 bits per heavy atom. The standard InChI is InChI=1S/C19H16N4OS/c24-18-16(11-14-12-22-17-15(14)7-4-9-20-17)25-19(23-18)21-10-8-13-5-2-1-3-6-13/h1-7,9,11-12,24H,8,10H2,(H,21,23). The fraction of sp³-hybridized carbons (Fsp3) is 0.105. The van der Waals surface area contributed by atoms with Crippen LogP contribution in [0.2, 0.25) is 0 Å². The lowest BCUT2D eigenvalue weighted by Gasteiger charge is -2.02. The number of allylic oxidation sites excluding steroid dienone is 1. The van der Waals surface area contributed by atoms with Crippen molar-refractivity contribution in [3.63, 3.8) is 0 Å². The molecule has 0 bridgehead atoms. The SMILES string of the molecule is Oc1nc(NCCc2ccccc2)sc1C=C1C=Nc2ncccc21. The third-order valence-corrected chi connectivity index (χ3v) is 4.83. The van der Waals surface area contributed by atoms with Crippen LogP contribution in [0, 0.1) is 0 Å². The summed E-state index contributed by atoms with van der Waals surface area (Å²) in [5.74, 6) is 0.740. The summed E-state index contributed by atoms with van der Waals surface area (Å²) < 4.78 is 0. The van der Waals surface area contributed by atoms with Crippen molar-refractivity contribution in [1.29, 1.82) is 0 Å². The van der Waals surface area contributed by atoms with Crippen molar-refractivity contribution >= 4 is 40.1 Å². The number of aliphatic imine (C=N–C) groups is 1. The van der Waals surface area contributed by atoms with Gasteiger partial charge in [-0.15, -0.1) is 0 Å². The molecule has 0 unspecified atom stereocenters. The van der Waals surface area contributed by atoms with Crippen LogP contribution in [0.5, 0.6) is 5.88 Å². The summed E-state index contributed by atoms with van der Waals surface area (Å²) in [6.45, 7) is 0.765. The predicted molar refractivity (Wildman–Crippen MR) is 103 cm³/mol. The second-order valence-electron chi connectivity index (χ2n) is 5.60. The third kappa shape index (κ3) is 3.44. The highest BCUT2D eigenvalue weighted by atomic mass is 32.1. The molecule has 3 aromatic rings. The van der Waals surface area contributed by atoms with E-state index < -0.39 is 0 Å². The van der Waals surface area contributed by atoms with Crippen molar-refractivity contribution in [2.45, 2.75) is 6.42 Å². The van der Waals surface area contributed by atoms with Gasteiger partial charge in [-0.1, -0.05) is 41.7 Å². The number of pyridine rings is 1. The molecule has 2 aromatic heterocycles. The number of thiazole rings is 1.